The summed E-state index contributed by atoms with van der Waals surface area (Å²) in [6.07, 6.45) is 26.5. The average Bonchev–Trinajstić information content (AvgIpc) is 0.842. The fourth-order valence-electron chi connectivity index (χ4n) is 11.2. The first-order valence-electron chi connectivity index (χ1n) is 40.0. The molecule has 10 aromatic carbocycles. The molecule has 0 aliphatic carbocycles. The van der Waals surface area contributed by atoms with Crippen molar-refractivity contribution in [2.24, 2.45) is 5.92 Å². The molecule has 0 heterocycles. The van der Waals surface area contributed by atoms with Gasteiger partial charge in [-0.15, -0.1) is 0 Å². The van der Waals surface area contributed by atoms with E-state index in [1.807, 2.05) is 32.0 Å². The number of allylic oxidation sites excluding steroid dienone is 1. The van der Waals surface area contributed by atoms with E-state index in [4.69, 9.17) is 28.4 Å². The fraction of sp³-hybridized carbons (Fsp3) is 0.296. The van der Waals surface area contributed by atoms with Crippen LogP contribution in [-0.2, 0) is 65.3 Å². The Labute approximate surface area is 698 Å². The zero-order valence-corrected chi connectivity index (χ0v) is 73.7. The Morgan fingerprint density at radius 3 is 0.707 bits per heavy atom. The first-order valence-corrected chi connectivity index (χ1v) is 40.0. The molecule has 8 heteroatoms. The van der Waals surface area contributed by atoms with Crippen LogP contribution in [0.5, 0.6) is 17.2 Å². The number of carbonyl (C=O) groups excluding carboxylic acids is 2. The van der Waals surface area contributed by atoms with Crippen LogP contribution < -0.4 is 14.2 Å². The maximum atomic E-state index is 10.4. The first kappa shape index (κ1) is 95.6. The molecule has 610 valence electrons. The van der Waals surface area contributed by atoms with Gasteiger partial charge in [-0.3, -0.25) is 9.59 Å². The summed E-state index contributed by atoms with van der Waals surface area (Å²) in [6.45, 7) is 40.9. The van der Waals surface area contributed by atoms with Crippen molar-refractivity contribution in [3.8, 4) is 17.2 Å². The highest BCUT2D eigenvalue weighted by molar-refractivity contribution is 5.91. The van der Waals surface area contributed by atoms with Gasteiger partial charge < -0.3 is 28.4 Å². The molecule has 0 fully saturated rings. The number of ether oxygens (including phenoxy) is 6. The number of carbonyl (C=O) groups is 2. The van der Waals surface area contributed by atoms with Crippen LogP contribution in [0, 0.1) is 5.92 Å². The van der Waals surface area contributed by atoms with Gasteiger partial charge in [-0.25, -0.2) is 0 Å². The van der Waals surface area contributed by atoms with Crippen molar-refractivity contribution in [1.82, 2.24) is 0 Å². The second-order valence-electron chi connectivity index (χ2n) is 33.0. The van der Waals surface area contributed by atoms with Gasteiger partial charge in [0.1, 0.15) is 23.0 Å². The molecular weight excluding hydrogens is 1430 g/mol. The maximum Gasteiger partial charge on any atom is 0.154 e. The Balaban J connectivity index is 0.000000268. The largest absolute Gasteiger partial charge is 0.496 e. The van der Waals surface area contributed by atoms with E-state index in [9.17, 15) is 9.59 Å². The minimum atomic E-state index is 0.0648. The normalized spacial score (nSPS) is 11.9. The topological polar surface area (TPSA) is 89.5 Å². The van der Waals surface area contributed by atoms with Crippen LogP contribution >= 0.6 is 0 Å². The quantitative estimate of drug-likeness (QED) is 0.0437. The van der Waals surface area contributed by atoms with E-state index in [1.165, 1.54) is 79.2 Å². The average molecular weight is 1560 g/mol. The molecule has 0 bridgehead atoms. The van der Waals surface area contributed by atoms with Crippen LogP contribution in [0.25, 0.3) is 72.9 Å². The Kier molecular flexibility index (Phi) is 39.9. The van der Waals surface area contributed by atoms with Gasteiger partial charge in [0.15, 0.2) is 5.78 Å². The Morgan fingerprint density at radius 2 is 0.517 bits per heavy atom. The third-order valence-electron chi connectivity index (χ3n) is 19.3. The summed E-state index contributed by atoms with van der Waals surface area (Å²) in [6, 6.07) is 80.6. The molecule has 0 aliphatic heterocycles. The summed E-state index contributed by atoms with van der Waals surface area (Å²) in [5, 5.41) is 0. The lowest BCUT2D eigenvalue weighted by Gasteiger charge is -2.20. The molecule has 0 radical (unpaired) electrons. The van der Waals surface area contributed by atoms with Crippen molar-refractivity contribution in [1.29, 1.82) is 0 Å². The van der Waals surface area contributed by atoms with Gasteiger partial charge in [0.25, 0.3) is 0 Å². The number of hydrogen-bond acceptors (Lipinski definition) is 8. The number of Topliss-reactive ketones (excluding diaryl/α,β-unsaturated/α-hetero) is 2. The Bertz CT molecular complexity index is 4680. The molecule has 0 amide bonds. The van der Waals surface area contributed by atoms with E-state index in [0.717, 1.165) is 57.1 Å². The number of ketones is 2. The molecule has 1 unspecified atom stereocenters. The van der Waals surface area contributed by atoms with Crippen molar-refractivity contribution in [2.45, 2.75) is 166 Å². The fourth-order valence-corrected chi connectivity index (χ4v) is 11.2. The van der Waals surface area contributed by atoms with Crippen molar-refractivity contribution < 1.29 is 38.0 Å². The van der Waals surface area contributed by atoms with E-state index in [2.05, 4.69) is 375 Å². The van der Waals surface area contributed by atoms with Gasteiger partial charge in [-0.2, -0.15) is 0 Å². The van der Waals surface area contributed by atoms with Crippen LogP contribution in [-0.4, -0.2) is 54.2 Å². The lowest BCUT2D eigenvalue weighted by Crippen LogP contribution is -2.11. The summed E-state index contributed by atoms with van der Waals surface area (Å²) >= 11 is 0. The van der Waals surface area contributed by atoms with Crippen molar-refractivity contribution in [3.63, 3.8) is 0 Å². The predicted octanol–water partition coefficient (Wildman–Crippen LogP) is 28.2. The molecule has 0 N–H and O–H groups in total. The highest BCUT2D eigenvalue weighted by atomic mass is 16.5. The molecule has 0 aromatic heterocycles. The van der Waals surface area contributed by atoms with Crippen LogP contribution in [0.1, 0.15) is 230 Å². The van der Waals surface area contributed by atoms with Gasteiger partial charge in [-0.1, -0.05) is 371 Å². The number of methoxy groups -OCH3 is 6. The van der Waals surface area contributed by atoms with Crippen LogP contribution in [0.4, 0.5) is 0 Å². The number of hydrogen-bond donors (Lipinski definition) is 0. The molecule has 10 rings (SSSR count). The third-order valence-corrected chi connectivity index (χ3v) is 19.3. The van der Waals surface area contributed by atoms with Crippen LogP contribution in [0.3, 0.4) is 0 Å². The molecule has 8 nitrogen and oxygen atoms in total. The Hall–Kier alpha value is -11.0. The van der Waals surface area contributed by atoms with E-state index < -0.39 is 0 Å². The second-order valence-corrected chi connectivity index (χ2v) is 33.0. The first-order chi connectivity index (χ1) is 55.1. The standard InChI is InChI=1S/C32H38O2.C29H32O2.C20H24O.C16H16O.C6H12O.C5H8O/c1-31(2,3)27-17-19-29(33-7)25(21-27)15-13-23-9-11-24(12-10-23)14-16-26-22-28(32(4,5)6)18-20-30(26)34-8;1-29(2,3)27-18-19-28(31-5)26(20-27)17-16-24-10-8-22(9-11-24)6-7-23-12-14-25(15-13-23)21-30-4;1-20(2,3)19-13-11-17(12-14-19)6-5-16-7-9-18(10-8-16)15-21-4;1-17-13-16-11-9-15(10-12-16)8-7-14-5-3-2-4-6-14;1-4-5(2)6(3)7;1-4(2)5(3)6/h9-22H,1-8H3;6-20H,21H2,1-5H3;5-14H,15H2,1-4H3;2-12H,13H2,1H3;5H,4H2,1-3H3;1H2,2-3H3/b15-13+,16-14+;7-6+,17-16+;6-5+;8-7+;;. The lowest BCUT2D eigenvalue weighted by molar-refractivity contribution is -0.120. The smallest absolute Gasteiger partial charge is 0.154 e. The van der Waals surface area contributed by atoms with Crippen LogP contribution in [0.2, 0.25) is 0 Å². The predicted molar refractivity (Wildman–Crippen MR) is 500 cm³/mol. The van der Waals surface area contributed by atoms with Crippen molar-refractivity contribution in [2.75, 3.05) is 42.7 Å². The molecular formula is C108H130O8. The zero-order chi connectivity index (χ0) is 85.4. The maximum absolute atomic E-state index is 10.4. The minimum absolute atomic E-state index is 0.0648. The molecule has 0 aliphatic rings. The monoisotopic (exact) mass is 1550 g/mol. The molecule has 0 saturated carbocycles. The summed E-state index contributed by atoms with van der Waals surface area (Å²) < 4.78 is 32.0. The lowest BCUT2D eigenvalue weighted by atomic mass is 9.86. The zero-order valence-electron chi connectivity index (χ0n) is 73.7. The SMILES string of the molecule is C=C(C)C(C)=O.CCC(C)C(C)=O.COCc1ccc(/C=C/c2ccc(/C=C/c3cc(C(C)(C)C)ccc3OC)cc2)cc1.COCc1ccc(/C=C/c2ccc(C(C)(C)C)cc2)cc1.COCc1ccc(/C=C/c2ccccc2)cc1.COc1ccc(C(C)(C)C)cc1/C=C/c1ccc(/C=C/c2cc(C(C)(C)C)ccc2OC)cc1. The minimum Gasteiger partial charge on any atom is -0.496 e. The van der Waals surface area contributed by atoms with Gasteiger partial charge in [-0.05, 0) is 180 Å². The van der Waals surface area contributed by atoms with E-state index >= 15 is 0 Å². The molecule has 10 aromatic rings. The number of rotatable bonds is 24. The summed E-state index contributed by atoms with van der Waals surface area (Å²) in [4.78, 5) is 20.4. The van der Waals surface area contributed by atoms with Crippen molar-refractivity contribution >= 4 is 84.5 Å². The van der Waals surface area contributed by atoms with Gasteiger partial charge in [0, 0.05) is 43.9 Å². The van der Waals surface area contributed by atoms with E-state index in [1.54, 1.807) is 56.5 Å². The van der Waals surface area contributed by atoms with E-state index in [0.29, 0.717) is 31.2 Å². The second kappa shape index (κ2) is 48.4. The highest BCUT2D eigenvalue weighted by Gasteiger charge is 2.19. The summed E-state index contributed by atoms with van der Waals surface area (Å²) in [7, 11) is 10.3. The van der Waals surface area contributed by atoms with Gasteiger partial charge in [0.2, 0.25) is 0 Å². The van der Waals surface area contributed by atoms with Gasteiger partial charge in [0.05, 0.1) is 41.2 Å². The van der Waals surface area contributed by atoms with E-state index in [-0.39, 0.29) is 33.4 Å². The molecule has 1 atom stereocenters. The Morgan fingerprint density at radius 1 is 0.310 bits per heavy atom. The third kappa shape index (κ3) is 35.0. The highest BCUT2D eigenvalue weighted by Crippen LogP contribution is 2.33. The summed E-state index contributed by atoms with van der Waals surface area (Å²) in [5.41, 5.74) is 23.9. The summed E-state index contributed by atoms with van der Waals surface area (Å²) in [5.74, 6) is 3.28. The number of benzene rings is 10. The molecule has 116 heavy (non-hydrogen) atoms. The van der Waals surface area contributed by atoms with Crippen LogP contribution in [0.15, 0.2) is 243 Å². The molecule has 0 spiro atoms. The van der Waals surface area contributed by atoms with Crippen molar-refractivity contribution in [3.05, 3.63) is 348 Å². The molecule has 0 saturated heterocycles. The van der Waals surface area contributed by atoms with Gasteiger partial charge >= 0.3 is 0 Å².